The van der Waals surface area contributed by atoms with Crippen LogP contribution in [-0.4, -0.2) is 55.0 Å². The molecule has 5 nitrogen and oxygen atoms in total. The number of halogens is 1. The fourth-order valence-electron chi connectivity index (χ4n) is 2.13. The molecule has 0 spiro atoms. The fourth-order valence-corrected chi connectivity index (χ4v) is 4.10. The highest BCUT2D eigenvalue weighted by atomic mass is 35.5. The normalized spacial score (nSPS) is 25.2. The predicted molar refractivity (Wildman–Crippen MR) is 72.0 cm³/mol. The van der Waals surface area contributed by atoms with Gasteiger partial charge in [0.1, 0.15) is 0 Å². The second-order valence-electron chi connectivity index (χ2n) is 4.63. The van der Waals surface area contributed by atoms with E-state index in [1.54, 1.807) is 24.3 Å². The largest absolute Gasteiger partial charge is 0.390 e. The molecule has 2 atom stereocenters. The van der Waals surface area contributed by atoms with E-state index in [0.29, 0.717) is 10.6 Å². The van der Waals surface area contributed by atoms with E-state index in [4.69, 9.17) is 11.6 Å². The minimum Gasteiger partial charge on any atom is -0.390 e. The number of benzene rings is 1. The van der Waals surface area contributed by atoms with Crippen molar-refractivity contribution in [1.29, 1.82) is 0 Å². The van der Waals surface area contributed by atoms with E-state index in [1.807, 2.05) is 0 Å². The quantitative estimate of drug-likeness (QED) is 0.867. The van der Waals surface area contributed by atoms with Crippen LogP contribution in [0.4, 0.5) is 0 Å². The number of amides is 1. The van der Waals surface area contributed by atoms with Gasteiger partial charge in [-0.3, -0.25) is 4.79 Å². The van der Waals surface area contributed by atoms with Gasteiger partial charge in [0.05, 0.1) is 23.7 Å². The van der Waals surface area contributed by atoms with Crippen LogP contribution in [0, 0.1) is 0 Å². The second kappa shape index (κ2) is 5.11. The molecule has 1 aromatic carbocycles. The maximum atomic E-state index is 12.2. The van der Waals surface area contributed by atoms with E-state index in [1.165, 1.54) is 11.9 Å². The standard InChI is InChI=1S/C12H14ClNO4S/c1-14(10-6-19(17,18)7-11(10)15)12(16)8-2-4-9(13)5-3-8/h2-5,10-11,15H,6-7H2,1H3/t10-,11+/m0/s1. The van der Waals surface area contributed by atoms with E-state index < -0.39 is 22.0 Å². The van der Waals surface area contributed by atoms with E-state index in [0.717, 1.165) is 0 Å². The number of sulfone groups is 1. The average Bonchev–Trinajstić information content (AvgIpc) is 2.62. The Labute approximate surface area is 116 Å². The van der Waals surface area contributed by atoms with Crippen LogP contribution in [0.2, 0.25) is 5.02 Å². The lowest BCUT2D eigenvalue weighted by molar-refractivity contribution is 0.0581. The van der Waals surface area contributed by atoms with Gasteiger partial charge in [-0.15, -0.1) is 0 Å². The van der Waals surface area contributed by atoms with Gasteiger partial charge in [0.15, 0.2) is 9.84 Å². The number of aliphatic hydroxyl groups is 1. The van der Waals surface area contributed by atoms with E-state index >= 15 is 0 Å². The summed E-state index contributed by atoms with van der Waals surface area (Å²) in [7, 11) is -1.79. The number of hydrogen-bond acceptors (Lipinski definition) is 4. The monoisotopic (exact) mass is 303 g/mol. The van der Waals surface area contributed by atoms with Crippen LogP contribution < -0.4 is 0 Å². The van der Waals surface area contributed by atoms with E-state index in [2.05, 4.69) is 0 Å². The Balaban J connectivity index is 2.18. The third kappa shape index (κ3) is 3.08. The highest BCUT2D eigenvalue weighted by molar-refractivity contribution is 7.91. The van der Waals surface area contributed by atoms with E-state index in [9.17, 15) is 18.3 Å². The molecule has 1 aliphatic rings. The topological polar surface area (TPSA) is 74.7 Å². The van der Waals surface area contributed by atoms with Crippen molar-refractivity contribution in [2.75, 3.05) is 18.6 Å². The number of aliphatic hydroxyl groups excluding tert-OH is 1. The molecular formula is C12H14ClNO4S. The highest BCUT2D eigenvalue weighted by Gasteiger charge is 2.40. The molecule has 1 saturated heterocycles. The molecular weight excluding hydrogens is 290 g/mol. The molecule has 19 heavy (non-hydrogen) atoms. The van der Waals surface area contributed by atoms with Gasteiger partial charge >= 0.3 is 0 Å². The average molecular weight is 304 g/mol. The number of likely N-dealkylation sites (N-methyl/N-ethyl adjacent to an activating group) is 1. The van der Waals surface area contributed by atoms with Crippen LogP contribution in [0.25, 0.3) is 0 Å². The van der Waals surface area contributed by atoms with Crippen molar-refractivity contribution < 1.29 is 18.3 Å². The highest BCUT2D eigenvalue weighted by Crippen LogP contribution is 2.20. The molecule has 0 radical (unpaired) electrons. The molecule has 2 rings (SSSR count). The van der Waals surface area contributed by atoms with Crippen molar-refractivity contribution in [1.82, 2.24) is 4.90 Å². The number of carbonyl (C=O) groups excluding carboxylic acids is 1. The Bertz CT molecular complexity index is 584. The zero-order chi connectivity index (χ0) is 14.2. The number of hydrogen-bond donors (Lipinski definition) is 1. The summed E-state index contributed by atoms with van der Waals surface area (Å²) in [4.78, 5) is 13.5. The lowest BCUT2D eigenvalue weighted by atomic mass is 10.1. The zero-order valence-electron chi connectivity index (χ0n) is 10.3. The van der Waals surface area contributed by atoms with Crippen molar-refractivity contribution in [2.24, 2.45) is 0 Å². The molecule has 1 fully saturated rings. The molecule has 7 heteroatoms. The van der Waals surface area contributed by atoms with E-state index in [-0.39, 0.29) is 17.4 Å². The van der Waals surface area contributed by atoms with Crippen LogP contribution in [0.1, 0.15) is 10.4 Å². The van der Waals surface area contributed by atoms with Crippen LogP contribution >= 0.6 is 11.6 Å². The van der Waals surface area contributed by atoms with Gasteiger partial charge in [0, 0.05) is 17.6 Å². The van der Waals surface area contributed by atoms with Gasteiger partial charge in [-0.1, -0.05) is 11.6 Å². The Morgan fingerprint density at radius 1 is 1.32 bits per heavy atom. The van der Waals surface area contributed by atoms with Gasteiger partial charge in [0.2, 0.25) is 0 Å². The van der Waals surface area contributed by atoms with Crippen molar-refractivity contribution >= 4 is 27.3 Å². The Morgan fingerprint density at radius 2 is 1.89 bits per heavy atom. The maximum absolute atomic E-state index is 12.2. The first-order valence-electron chi connectivity index (χ1n) is 5.71. The molecule has 0 aromatic heterocycles. The third-order valence-electron chi connectivity index (χ3n) is 3.20. The van der Waals surface area contributed by atoms with Gasteiger partial charge in [0.25, 0.3) is 5.91 Å². The van der Waals surface area contributed by atoms with Gasteiger partial charge in [-0.2, -0.15) is 0 Å². The summed E-state index contributed by atoms with van der Waals surface area (Å²) in [6.07, 6.45) is -1.04. The molecule has 0 saturated carbocycles. The minimum absolute atomic E-state index is 0.204. The Kier molecular flexibility index (Phi) is 3.85. The van der Waals surface area contributed by atoms with Crippen LogP contribution in [0.3, 0.4) is 0 Å². The molecule has 1 heterocycles. The summed E-state index contributed by atoms with van der Waals surface area (Å²) in [6.45, 7) is 0. The molecule has 1 aliphatic heterocycles. The Hall–Kier alpha value is -1.11. The summed E-state index contributed by atoms with van der Waals surface area (Å²) >= 11 is 5.74. The molecule has 0 aliphatic carbocycles. The lowest BCUT2D eigenvalue weighted by Gasteiger charge is -2.26. The first-order chi connectivity index (χ1) is 8.80. The van der Waals surface area contributed by atoms with Gasteiger partial charge in [-0.25, -0.2) is 8.42 Å². The summed E-state index contributed by atoms with van der Waals surface area (Å²) in [5.41, 5.74) is 0.406. The zero-order valence-corrected chi connectivity index (χ0v) is 11.9. The third-order valence-corrected chi connectivity index (χ3v) is 5.15. The second-order valence-corrected chi connectivity index (χ2v) is 7.22. The summed E-state index contributed by atoms with van der Waals surface area (Å²) in [6, 6.07) is 5.61. The smallest absolute Gasteiger partial charge is 0.253 e. The molecule has 0 bridgehead atoms. The SMILES string of the molecule is CN(C(=O)c1ccc(Cl)cc1)[C@H]1CS(=O)(=O)C[C@H]1O. The summed E-state index contributed by atoms with van der Waals surface area (Å²) < 4.78 is 22.9. The predicted octanol–water partition coefficient (Wildman–Crippen LogP) is 0.570. The van der Waals surface area contributed by atoms with Crippen molar-refractivity contribution in [2.45, 2.75) is 12.1 Å². The molecule has 1 amide bonds. The van der Waals surface area contributed by atoms with Crippen LogP contribution in [-0.2, 0) is 9.84 Å². The molecule has 1 aromatic rings. The number of rotatable bonds is 2. The van der Waals surface area contributed by atoms with Crippen molar-refractivity contribution in [3.63, 3.8) is 0 Å². The lowest BCUT2D eigenvalue weighted by Crippen LogP contribution is -2.44. The number of carbonyl (C=O) groups is 1. The van der Waals surface area contributed by atoms with Gasteiger partial charge < -0.3 is 10.0 Å². The first-order valence-corrected chi connectivity index (χ1v) is 7.91. The van der Waals surface area contributed by atoms with Gasteiger partial charge in [-0.05, 0) is 24.3 Å². The Morgan fingerprint density at radius 3 is 2.37 bits per heavy atom. The summed E-state index contributed by atoms with van der Waals surface area (Å²) in [5.74, 6) is -0.835. The maximum Gasteiger partial charge on any atom is 0.253 e. The molecule has 104 valence electrons. The van der Waals surface area contributed by atoms with Crippen LogP contribution in [0.15, 0.2) is 24.3 Å². The molecule has 0 unspecified atom stereocenters. The van der Waals surface area contributed by atoms with Crippen LogP contribution in [0.5, 0.6) is 0 Å². The first kappa shape index (κ1) is 14.3. The van der Waals surface area contributed by atoms with Crippen molar-refractivity contribution in [3.05, 3.63) is 34.9 Å². The van der Waals surface area contributed by atoms with Crippen molar-refractivity contribution in [3.8, 4) is 0 Å². The summed E-state index contributed by atoms with van der Waals surface area (Å²) in [5, 5.41) is 10.3. The molecule has 1 N–H and O–H groups in total. The minimum atomic E-state index is -3.28. The number of nitrogens with zero attached hydrogens (tertiary/aromatic N) is 1. The fraction of sp³-hybridized carbons (Fsp3) is 0.417.